The highest BCUT2D eigenvalue weighted by Crippen LogP contribution is 2.46. The van der Waals surface area contributed by atoms with Crippen molar-refractivity contribution in [2.75, 3.05) is 4.90 Å². The molecule has 0 N–H and O–H groups in total. The van der Waals surface area contributed by atoms with Crippen LogP contribution in [0.25, 0.3) is 84.5 Å². The molecular formula is C48H29NOS2. The number of hydrogen-bond acceptors (Lipinski definition) is 4. The second kappa shape index (κ2) is 11.7. The predicted molar refractivity (Wildman–Crippen MR) is 225 cm³/mol. The lowest BCUT2D eigenvalue weighted by Crippen LogP contribution is -2.10. The van der Waals surface area contributed by atoms with Crippen LogP contribution >= 0.6 is 22.7 Å². The topological polar surface area (TPSA) is 16.4 Å². The van der Waals surface area contributed by atoms with E-state index in [1.54, 1.807) is 0 Å². The van der Waals surface area contributed by atoms with Crippen LogP contribution in [0.3, 0.4) is 0 Å². The summed E-state index contributed by atoms with van der Waals surface area (Å²) < 4.78 is 11.3. The lowest BCUT2D eigenvalue weighted by Gasteiger charge is -2.27. The summed E-state index contributed by atoms with van der Waals surface area (Å²) in [6, 6.07) is 63.8. The van der Waals surface area contributed by atoms with E-state index in [9.17, 15) is 0 Å². The molecule has 0 aliphatic rings. The highest BCUT2D eigenvalue weighted by atomic mass is 32.1. The Labute approximate surface area is 308 Å². The zero-order chi connectivity index (χ0) is 34.2. The number of rotatable bonds is 5. The van der Waals surface area contributed by atoms with Crippen LogP contribution in [0.15, 0.2) is 180 Å². The Kier molecular flexibility index (Phi) is 6.63. The lowest BCUT2D eigenvalue weighted by atomic mass is 9.99. The van der Waals surface area contributed by atoms with Gasteiger partial charge >= 0.3 is 0 Å². The van der Waals surface area contributed by atoms with Crippen molar-refractivity contribution in [1.82, 2.24) is 0 Å². The molecule has 11 rings (SSSR count). The van der Waals surface area contributed by atoms with Crippen LogP contribution in [0.4, 0.5) is 17.1 Å². The molecule has 0 unspecified atom stereocenters. The van der Waals surface area contributed by atoms with Crippen molar-refractivity contribution in [1.29, 1.82) is 0 Å². The summed E-state index contributed by atoms with van der Waals surface area (Å²) in [6.07, 6.45) is 0. The number of nitrogens with zero attached hydrogens (tertiary/aromatic N) is 1. The van der Waals surface area contributed by atoms with Crippen LogP contribution in [0, 0.1) is 0 Å². The van der Waals surface area contributed by atoms with Gasteiger partial charge in [0.05, 0.1) is 5.69 Å². The molecule has 3 aromatic heterocycles. The first-order valence-corrected chi connectivity index (χ1v) is 19.1. The first kappa shape index (κ1) is 29.5. The fourth-order valence-corrected chi connectivity index (χ4v) is 10.1. The van der Waals surface area contributed by atoms with Crippen LogP contribution < -0.4 is 4.90 Å². The molecule has 0 saturated heterocycles. The number of furan rings is 1. The molecule has 0 bridgehead atoms. The second-order valence-electron chi connectivity index (χ2n) is 13.3. The molecule has 244 valence electrons. The van der Waals surface area contributed by atoms with E-state index >= 15 is 0 Å². The van der Waals surface area contributed by atoms with Gasteiger partial charge in [0.15, 0.2) is 0 Å². The van der Waals surface area contributed by atoms with E-state index in [4.69, 9.17) is 4.42 Å². The largest absolute Gasteiger partial charge is 0.456 e. The van der Waals surface area contributed by atoms with Crippen molar-refractivity contribution in [3.63, 3.8) is 0 Å². The SMILES string of the molecule is c1ccc2c(c1)oc1ccc(-c3ccc(N(c4ccc(-c5cccc6sc7ccccc7c56)cc4)c4cccc5sc6ccccc6c45)cc3)cc12. The van der Waals surface area contributed by atoms with Gasteiger partial charge in [-0.15, -0.1) is 22.7 Å². The smallest absolute Gasteiger partial charge is 0.135 e. The van der Waals surface area contributed by atoms with Gasteiger partial charge in [0.25, 0.3) is 0 Å². The van der Waals surface area contributed by atoms with Crippen molar-refractivity contribution in [3.05, 3.63) is 176 Å². The monoisotopic (exact) mass is 699 g/mol. The van der Waals surface area contributed by atoms with E-state index in [2.05, 4.69) is 169 Å². The van der Waals surface area contributed by atoms with Crippen molar-refractivity contribution in [3.8, 4) is 22.3 Å². The Morgan fingerprint density at radius 3 is 1.63 bits per heavy atom. The minimum absolute atomic E-state index is 0.913. The lowest BCUT2D eigenvalue weighted by molar-refractivity contribution is 0.669. The van der Waals surface area contributed by atoms with Gasteiger partial charge in [-0.3, -0.25) is 0 Å². The molecule has 11 aromatic rings. The first-order valence-electron chi connectivity index (χ1n) is 17.5. The fraction of sp³-hybridized carbons (Fsp3) is 0. The van der Waals surface area contributed by atoms with Gasteiger partial charge in [0.2, 0.25) is 0 Å². The Balaban J connectivity index is 1.05. The molecule has 0 spiro atoms. The van der Waals surface area contributed by atoms with Gasteiger partial charge in [-0.25, -0.2) is 0 Å². The third kappa shape index (κ3) is 4.62. The molecule has 8 aromatic carbocycles. The van der Waals surface area contributed by atoms with E-state index in [1.165, 1.54) is 68.3 Å². The number of hydrogen-bond donors (Lipinski definition) is 0. The Bertz CT molecular complexity index is 3130. The van der Waals surface area contributed by atoms with E-state index < -0.39 is 0 Å². The van der Waals surface area contributed by atoms with Gasteiger partial charge in [0.1, 0.15) is 11.2 Å². The first-order chi connectivity index (χ1) is 25.8. The summed E-state index contributed by atoms with van der Waals surface area (Å²) in [4.78, 5) is 2.42. The van der Waals surface area contributed by atoms with Gasteiger partial charge in [0, 0.05) is 62.5 Å². The molecule has 0 amide bonds. The molecule has 0 radical (unpaired) electrons. The van der Waals surface area contributed by atoms with Gasteiger partial charge in [-0.05, 0) is 95.1 Å². The third-order valence-corrected chi connectivity index (χ3v) is 12.6. The van der Waals surface area contributed by atoms with E-state index in [-0.39, 0.29) is 0 Å². The molecule has 0 saturated carbocycles. The summed E-state index contributed by atoms with van der Waals surface area (Å²) >= 11 is 3.72. The maximum Gasteiger partial charge on any atom is 0.135 e. The molecular weight excluding hydrogens is 671 g/mol. The number of anilines is 3. The zero-order valence-corrected chi connectivity index (χ0v) is 29.5. The van der Waals surface area contributed by atoms with Gasteiger partial charge < -0.3 is 9.32 Å². The Morgan fingerprint density at radius 2 is 0.904 bits per heavy atom. The molecule has 0 atom stereocenters. The fourth-order valence-electron chi connectivity index (χ4n) is 7.88. The minimum Gasteiger partial charge on any atom is -0.456 e. The van der Waals surface area contributed by atoms with Gasteiger partial charge in [-0.2, -0.15) is 0 Å². The van der Waals surface area contributed by atoms with Crippen LogP contribution in [0.2, 0.25) is 0 Å². The Morgan fingerprint density at radius 1 is 0.365 bits per heavy atom. The van der Waals surface area contributed by atoms with Crippen molar-refractivity contribution >= 4 is 102 Å². The quantitative estimate of drug-likeness (QED) is 0.178. The maximum absolute atomic E-state index is 6.12. The van der Waals surface area contributed by atoms with E-state index in [1.807, 2.05) is 34.8 Å². The third-order valence-electron chi connectivity index (χ3n) is 10.3. The standard InChI is InChI=1S/C48H29NOS2/c1-4-14-41-36(9-1)39-29-32(23-28-42(39)50-41)30-19-24-33(25-20-30)49(40-13-8-18-46-48(40)38-11-3-6-16-44(38)52-46)34-26-21-31(22-27-34)35-12-7-17-45-47(35)37-10-2-5-15-43(37)51-45/h1-29H. The number of benzene rings is 8. The molecule has 0 fully saturated rings. The molecule has 52 heavy (non-hydrogen) atoms. The molecule has 4 heteroatoms. The second-order valence-corrected chi connectivity index (χ2v) is 15.4. The number of para-hydroxylation sites is 1. The number of fused-ring (bicyclic) bond motifs is 9. The average molecular weight is 700 g/mol. The predicted octanol–water partition coefficient (Wildman–Crippen LogP) is 15.1. The van der Waals surface area contributed by atoms with E-state index in [0.717, 1.165) is 33.3 Å². The van der Waals surface area contributed by atoms with Crippen LogP contribution in [0.1, 0.15) is 0 Å². The molecule has 2 nitrogen and oxygen atoms in total. The van der Waals surface area contributed by atoms with Crippen molar-refractivity contribution in [2.24, 2.45) is 0 Å². The van der Waals surface area contributed by atoms with Crippen LogP contribution in [-0.4, -0.2) is 0 Å². The molecule has 0 aliphatic carbocycles. The summed E-state index contributed by atoms with van der Waals surface area (Å²) in [5, 5.41) is 7.50. The minimum atomic E-state index is 0.913. The number of thiophene rings is 2. The normalized spacial score (nSPS) is 11.8. The van der Waals surface area contributed by atoms with Crippen LogP contribution in [0.5, 0.6) is 0 Å². The molecule has 3 heterocycles. The summed E-state index contributed by atoms with van der Waals surface area (Å²) in [5.74, 6) is 0. The summed E-state index contributed by atoms with van der Waals surface area (Å²) in [6.45, 7) is 0. The highest BCUT2D eigenvalue weighted by molar-refractivity contribution is 7.26. The maximum atomic E-state index is 6.12. The summed E-state index contributed by atoms with van der Waals surface area (Å²) in [7, 11) is 0. The Hall–Kier alpha value is -6.20. The van der Waals surface area contributed by atoms with E-state index in [0.29, 0.717) is 0 Å². The highest BCUT2D eigenvalue weighted by Gasteiger charge is 2.19. The van der Waals surface area contributed by atoms with Crippen LogP contribution in [-0.2, 0) is 0 Å². The van der Waals surface area contributed by atoms with Crippen molar-refractivity contribution in [2.45, 2.75) is 0 Å². The average Bonchev–Trinajstić information content (AvgIpc) is 3.90. The van der Waals surface area contributed by atoms with Crippen molar-refractivity contribution < 1.29 is 4.42 Å². The summed E-state index contributed by atoms with van der Waals surface area (Å²) in [5.41, 5.74) is 10.1. The van der Waals surface area contributed by atoms with Gasteiger partial charge in [-0.1, -0.05) is 103 Å². The zero-order valence-electron chi connectivity index (χ0n) is 27.9. The molecule has 0 aliphatic heterocycles.